The minimum Gasteiger partial charge on any atom is -0.388 e. The molecule has 0 aliphatic heterocycles. The highest BCUT2D eigenvalue weighted by molar-refractivity contribution is 7.12. The molecule has 108 valence electrons. The number of thiazole rings is 1. The van der Waals surface area contributed by atoms with Crippen molar-refractivity contribution in [3.05, 3.63) is 34.6 Å². The number of fused-ring (bicyclic) bond motifs is 1. The van der Waals surface area contributed by atoms with Gasteiger partial charge in [-0.1, -0.05) is 27.7 Å². The molecule has 3 rings (SSSR count). The Morgan fingerprint density at radius 2 is 2.20 bits per heavy atom. The summed E-state index contributed by atoms with van der Waals surface area (Å²) >= 11 is 1.68. The predicted octanol–water partition coefficient (Wildman–Crippen LogP) is 4.06. The van der Waals surface area contributed by atoms with Gasteiger partial charge in [-0.05, 0) is 30.2 Å². The van der Waals surface area contributed by atoms with Crippen LogP contribution >= 0.6 is 11.3 Å². The molecule has 0 aromatic carbocycles. The van der Waals surface area contributed by atoms with Gasteiger partial charge in [0.2, 0.25) is 0 Å². The Kier molecular flexibility index (Phi) is 3.26. The molecule has 2 heterocycles. The maximum absolute atomic E-state index is 10.3. The molecule has 1 aliphatic carbocycles. The first-order valence-corrected chi connectivity index (χ1v) is 8.09. The second-order valence-electron chi connectivity index (χ2n) is 6.86. The summed E-state index contributed by atoms with van der Waals surface area (Å²) in [5.74, 6) is 0.452. The van der Waals surface area contributed by atoms with Crippen molar-refractivity contribution in [1.29, 1.82) is 0 Å². The van der Waals surface area contributed by atoms with E-state index in [1.807, 2.05) is 6.07 Å². The van der Waals surface area contributed by atoms with Crippen molar-refractivity contribution >= 4 is 11.3 Å². The van der Waals surface area contributed by atoms with E-state index in [4.69, 9.17) is 4.98 Å². The molecule has 3 nitrogen and oxygen atoms in total. The molecule has 1 atom stereocenters. The molecule has 2 aromatic heterocycles. The van der Waals surface area contributed by atoms with Crippen LogP contribution < -0.4 is 0 Å². The van der Waals surface area contributed by atoms with Crippen molar-refractivity contribution in [3.8, 4) is 5.13 Å². The number of hydrogen-bond donors (Lipinski definition) is 1. The Labute approximate surface area is 124 Å². The molecule has 0 saturated heterocycles. The van der Waals surface area contributed by atoms with Gasteiger partial charge in [0.25, 0.3) is 0 Å². The number of nitrogens with zero attached hydrogens (tertiary/aromatic N) is 2. The summed E-state index contributed by atoms with van der Waals surface area (Å²) in [4.78, 5) is 4.73. The molecule has 0 spiro atoms. The van der Waals surface area contributed by atoms with Crippen LogP contribution in [0.2, 0.25) is 0 Å². The lowest BCUT2D eigenvalue weighted by molar-refractivity contribution is 0.0987. The zero-order valence-corrected chi connectivity index (χ0v) is 13.4. The van der Waals surface area contributed by atoms with Gasteiger partial charge in [0.15, 0.2) is 5.13 Å². The van der Waals surface area contributed by atoms with Gasteiger partial charge in [-0.15, -0.1) is 11.3 Å². The van der Waals surface area contributed by atoms with E-state index in [-0.39, 0.29) is 11.5 Å². The summed E-state index contributed by atoms with van der Waals surface area (Å²) in [6.45, 7) is 8.77. The maximum atomic E-state index is 10.3. The minimum atomic E-state index is -0.348. The fraction of sp³-hybridized carbons (Fsp3) is 0.562. The zero-order valence-electron chi connectivity index (χ0n) is 12.6. The van der Waals surface area contributed by atoms with Gasteiger partial charge < -0.3 is 5.11 Å². The number of aromatic nitrogens is 2. The van der Waals surface area contributed by atoms with Crippen molar-refractivity contribution in [3.63, 3.8) is 0 Å². The Bertz CT molecular complexity index is 624. The summed E-state index contributed by atoms with van der Waals surface area (Å²) in [6.07, 6.45) is 3.53. The van der Waals surface area contributed by atoms with E-state index in [0.717, 1.165) is 29.2 Å². The molecular formula is C16H22N2OS. The maximum Gasteiger partial charge on any atom is 0.193 e. The summed E-state index contributed by atoms with van der Waals surface area (Å²) in [6, 6.07) is 2.05. The molecular weight excluding hydrogens is 268 g/mol. The lowest BCUT2D eigenvalue weighted by Gasteiger charge is -2.33. The number of aliphatic hydroxyl groups is 1. The van der Waals surface area contributed by atoms with Gasteiger partial charge >= 0.3 is 0 Å². The van der Waals surface area contributed by atoms with Crippen molar-refractivity contribution in [2.24, 2.45) is 5.41 Å². The molecule has 0 radical (unpaired) electrons. The van der Waals surface area contributed by atoms with Crippen molar-refractivity contribution in [1.82, 2.24) is 9.55 Å². The molecule has 0 amide bonds. The number of aliphatic hydroxyl groups excluding tert-OH is 1. The highest BCUT2D eigenvalue weighted by Gasteiger charge is 2.33. The Hall–Kier alpha value is -1.13. The van der Waals surface area contributed by atoms with Crippen molar-refractivity contribution in [2.75, 3.05) is 0 Å². The third kappa shape index (κ3) is 2.31. The predicted molar refractivity (Wildman–Crippen MR) is 82.6 cm³/mol. The lowest BCUT2D eigenvalue weighted by Crippen LogP contribution is -2.26. The number of hydrogen-bond acceptors (Lipinski definition) is 3. The molecule has 2 aromatic rings. The third-order valence-corrected chi connectivity index (χ3v) is 4.94. The van der Waals surface area contributed by atoms with Crippen LogP contribution in [-0.2, 0) is 6.42 Å². The van der Waals surface area contributed by atoms with E-state index < -0.39 is 0 Å². The average molecular weight is 290 g/mol. The normalized spacial score (nSPS) is 21.2. The summed E-state index contributed by atoms with van der Waals surface area (Å²) < 4.78 is 2.16. The third-order valence-electron chi connectivity index (χ3n) is 4.09. The van der Waals surface area contributed by atoms with E-state index in [9.17, 15) is 5.11 Å². The highest BCUT2D eigenvalue weighted by atomic mass is 32.1. The van der Waals surface area contributed by atoms with Gasteiger partial charge in [-0.25, -0.2) is 4.98 Å². The van der Waals surface area contributed by atoms with Crippen molar-refractivity contribution < 1.29 is 5.11 Å². The van der Waals surface area contributed by atoms with Gasteiger partial charge in [0.1, 0.15) is 0 Å². The monoisotopic (exact) mass is 290 g/mol. The number of rotatable bonds is 2. The first-order valence-electron chi connectivity index (χ1n) is 7.21. The van der Waals surface area contributed by atoms with Crippen LogP contribution in [0.5, 0.6) is 0 Å². The van der Waals surface area contributed by atoms with E-state index in [1.54, 1.807) is 11.3 Å². The molecule has 1 N–H and O–H groups in total. The zero-order chi connectivity index (χ0) is 14.5. The minimum absolute atomic E-state index is 0.140. The van der Waals surface area contributed by atoms with E-state index >= 15 is 0 Å². The molecule has 1 aliphatic rings. The van der Waals surface area contributed by atoms with Gasteiger partial charge in [0, 0.05) is 22.8 Å². The molecule has 0 fully saturated rings. The fourth-order valence-corrected chi connectivity index (χ4v) is 3.95. The standard InChI is InChI=1S/C16H22N2OS/c1-10(2)12-9-20-15(17-12)18-6-5-11-13(18)7-16(3,4)8-14(11)19/h5-6,9-10,14,19H,7-8H2,1-4H3. The topological polar surface area (TPSA) is 38.0 Å². The van der Waals surface area contributed by atoms with Crippen LogP contribution in [0.3, 0.4) is 0 Å². The Morgan fingerprint density at radius 3 is 2.85 bits per heavy atom. The Morgan fingerprint density at radius 1 is 1.45 bits per heavy atom. The molecule has 20 heavy (non-hydrogen) atoms. The molecule has 0 bridgehead atoms. The second kappa shape index (κ2) is 4.71. The van der Waals surface area contributed by atoms with Gasteiger partial charge in [0.05, 0.1) is 11.8 Å². The van der Waals surface area contributed by atoms with E-state index in [1.165, 1.54) is 5.69 Å². The summed E-state index contributed by atoms with van der Waals surface area (Å²) in [5, 5.41) is 13.5. The molecule has 4 heteroatoms. The van der Waals surface area contributed by atoms with E-state index in [2.05, 4.69) is 43.8 Å². The fourth-order valence-electron chi connectivity index (χ4n) is 2.96. The SMILES string of the molecule is CC(C)c1csc(-n2ccc3c2CC(C)(C)CC3O)n1. The molecule has 0 saturated carbocycles. The quantitative estimate of drug-likeness (QED) is 0.905. The van der Waals surface area contributed by atoms with Gasteiger partial charge in [-0.3, -0.25) is 4.57 Å². The van der Waals surface area contributed by atoms with Crippen LogP contribution in [0.25, 0.3) is 5.13 Å². The van der Waals surface area contributed by atoms with Crippen LogP contribution in [-0.4, -0.2) is 14.7 Å². The largest absolute Gasteiger partial charge is 0.388 e. The highest BCUT2D eigenvalue weighted by Crippen LogP contribution is 2.42. The second-order valence-corrected chi connectivity index (χ2v) is 7.69. The van der Waals surface area contributed by atoms with E-state index in [0.29, 0.717) is 5.92 Å². The van der Waals surface area contributed by atoms with Crippen molar-refractivity contribution in [2.45, 2.75) is 52.6 Å². The summed E-state index contributed by atoms with van der Waals surface area (Å²) in [5.41, 5.74) is 3.58. The summed E-state index contributed by atoms with van der Waals surface area (Å²) in [7, 11) is 0. The molecule has 1 unspecified atom stereocenters. The van der Waals surface area contributed by atoms with Crippen LogP contribution in [0, 0.1) is 5.41 Å². The average Bonchev–Trinajstić information content (AvgIpc) is 2.92. The van der Waals surface area contributed by atoms with Crippen LogP contribution in [0.1, 0.15) is 63.1 Å². The first-order chi connectivity index (χ1) is 9.37. The lowest BCUT2D eigenvalue weighted by atomic mass is 9.75. The first kappa shape index (κ1) is 13.8. The van der Waals surface area contributed by atoms with Crippen LogP contribution in [0.4, 0.5) is 0 Å². The van der Waals surface area contributed by atoms with Gasteiger partial charge in [-0.2, -0.15) is 0 Å². The van der Waals surface area contributed by atoms with Crippen LogP contribution in [0.15, 0.2) is 17.6 Å². The Balaban J connectivity index is 2.04. The smallest absolute Gasteiger partial charge is 0.193 e.